The Morgan fingerprint density at radius 1 is 1.18 bits per heavy atom. The number of nitrogens with zero attached hydrogens (tertiary/aromatic N) is 1. The summed E-state index contributed by atoms with van der Waals surface area (Å²) >= 11 is 0. The molecule has 0 aromatic heterocycles. The zero-order valence-corrected chi connectivity index (χ0v) is 11.7. The molecule has 1 fully saturated rings. The molecule has 0 amide bonds. The summed E-state index contributed by atoms with van der Waals surface area (Å²) < 4.78 is 5.68. The van der Waals surface area contributed by atoms with Crippen molar-refractivity contribution in [1.29, 1.82) is 0 Å². The van der Waals surface area contributed by atoms with E-state index in [4.69, 9.17) is 4.74 Å². The monoisotopic (exact) mass is 242 g/mol. The summed E-state index contributed by atoms with van der Waals surface area (Å²) in [5.41, 5.74) is 0. The lowest BCUT2D eigenvalue weighted by atomic mass is 10.2. The molecule has 1 aliphatic rings. The molecule has 1 N–H and O–H groups in total. The van der Waals surface area contributed by atoms with Crippen molar-refractivity contribution in [3.8, 4) is 0 Å². The zero-order chi connectivity index (χ0) is 12.3. The summed E-state index contributed by atoms with van der Waals surface area (Å²) in [5, 5.41) is 3.46. The van der Waals surface area contributed by atoms with Crippen LogP contribution in [0.5, 0.6) is 0 Å². The highest BCUT2D eigenvalue weighted by molar-refractivity contribution is 4.70. The first-order valence-electron chi connectivity index (χ1n) is 7.41. The van der Waals surface area contributed by atoms with E-state index in [1.807, 2.05) is 0 Å². The maximum Gasteiger partial charge on any atom is 0.0700 e. The summed E-state index contributed by atoms with van der Waals surface area (Å²) in [7, 11) is 0. The third-order valence-electron chi connectivity index (χ3n) is 3.43. The number of hydrogen-bond acceptors (Lipinski definition) is 3. The van der Waals surface area contributed by atoms with Crippen LogP contribution in [-0.4, -0.2) is 50.3 Å². The van der Waals surface area contributed by atoms with Crippen LogP contribution in [0.1, 0.15) is 46.0 Å². The van der Waals surface area contributed by atoms with Gasteiger partial charge in [0.05, 0.1) is 12.7 Å². The van der Waals surface area contributed by atoms with E-state index in [9.17, 15) is 0 Å². The minimum Gasteiger partial charge on any atom is -0.376 e. The van der Waals surface area contributed by atoms with Crippen LogP contribution >= 0.6 is 0 Å². The molecule has 1 aliphatic heterocycles. The molecule has 0 bridgehead atoms. The van der Waals surface area contributed by atoms with Gasteiger partial charge in [-0.2, -0.15) is 0 Å². The van der Waals surface area contributed by atoms with Crippen molar-refractivity contribution in [3.63, 3.8) is 0 Å². The van der Waals surface area contributed by atoms with Crippen LogP contribution in [0.3, 0.4) is 0 Å². The van der Waals surface area contributed by atoms with Crippen LogP contribution in [0.25, 0.3) is 0 Å². The average Bonchev–Trinajstić information content (AvgIpc) is 2.38. The SMILES string of the molecule is CCCNCCCCCN1CCOC(CC)C1. The fraction of sp³-hybridized carbons (Fsp3) is 1.00. The molecule has 1 atom stereocenters. The number of morpholine rings is 1. The third-order valence-corrected chi connectivity index (χ3v) is 3.43. The molecule has 1 heterocycles. The summed E-state index contributed by atoms with van der Waals surface area (Å²) in [5.74, 6) is 0. The Kier molecular flexibility index (Phi) is 8.67. The number of hydrogen-bond donors (Lipinski definition) is 1. The van der Waals surface area contributed by atoms with Gasteiger partial charge in [0.2, 0.25) is 0 Å². The van der Waals surface area contributed by atoms with Gasteiger partial charge >= 0.3 is 0 Å². The molecule has 1 saturated heterocycles. The fourth-order valence-corrected chi connectivity index (χ4v) is 2.29. The zero-order valence-electron chi connectivity index (χ0n) is 11.7. The third kappa shape index (κ3) is 7.02. The van der Waals surface area contributed by atoms with Crippen LogP contribution < -0.4 is 5.32 Å². The van der Waals surface area contributed by atoms with E-state index in [2.05, 4.69) is 24.1 Å². The predicted molar refractivity (Wildman–Crippen MR) is 73.5 cm³/mol. The Morgan fingerprint density at radius 3 is 2.82 bits per heavy atom. The van der Waals surface area contributed by atoms with E-state index in [0.717, 1.165) is 26.1 Å². The Balaban J connectivity index is 1.91. The van der Waals surface area contributed by atoms with Gasteiger partial charge in [-0.3, -0.25) is 4.90 Å². The minimum absolute atomic E-state index is 0.481. The van der Waals surface area contributed by atoms with Crippen molar-refractivity contribution in [2.45, 2.75) is 52.1 Å². The molecule has 102 valence electrons. The molecule has 0 radical (unpaired) electrons. The van der Waals surface area contributed by atoms with Gasteiger partial charge in [-0.1, -0.05) is 20.3 Å². The summed E-state index contributed by atoms with van der Waals surface area (Å²) in [6, 6.07) is 0. The Bertz CT molecular complexity index is 176. The molecule has 3 nitrogen and oxygen atoms in total. The van der Waals surface area contributed by atoms with Crippen LogP contribution in [-0.2, 0) is 4.74 Å². The number of nitrogens with one attached hydrogen (secondary N) is 1. The smallest absolute Gasteiger partial charge is 0.0700 e. The van der Waals surface area contributed by atoms with Crippen LogP contribution in [0.2, 0.25) is 0 Å². The molecule has 0 aliphatic carbocycles. The summed E-state index contributed by atoms with van der Waals surface area (Å²) in [6.07, 6.45) is 6.88. The Hall–Kier alpha value is -0.120. The van der Waals surface area contributed by atoms with Crippen molar-refractivity contribution >= 4 is 0 Å². The first-order valence-corrected chi connectivity index (χ1v) is 7.41. The van der Waals surface area contributed by atoms with E-state index < -0.39 is 0 Å². The van der Waals surface area contributed by atoms with Crippen molar-refractivity contribution in [2.24, 2.45) is 0 Å². The van der Waals surface area contributed by atoms with Crippen LogP contribution in [0.4, 0.5) is 0 Å². The molecular weight excluding hydrogens is 212 g/mol. The second-order valence-electron chi connectivity index (χ2n) is 5.01. The maximum atomic E-state index is 5.68. The van der Waals surface area contributed by atoms with Gasteiger partial charge in [0.1, 0.15) is 0 Å². The molecule has 0 aromatic rings. The second kappa shape index (κ2) is 9.86. The lowest BCUT2D eigenvalue weighted by Gasteiger charge is -2.32. The van der Waals surface area contributed by atoms with Gasteiger partial charge < -0.3 is 10.1 Å². The molecule has 3 heteroatoms. The number of unbranched alkanes of at least 4 members (excludes halogenated alkanes) is 2. The normalized spacial score (nSPS) is 21.9. The topological polar surface area (TPSA) is 24.5 Å². The molecule has 17 heavy (non-hydrogen) atoms. The first kappa shape index (κ1) is 14.9. The van der Waals surface area contributed by atoms with Crippen molar-refractivity contribution < 1.29 is 4.74 Å². The average molecular weight is 242 g/mol. The highest BCUT2D eigenvalue weighted by atomic mass is 16.5. The highest BCUT2D eigenvalue weighted by Crippen LogP contribution is 2.09. The maximum absolute atomic E-state index is 5.68. The number of rotatable bonds is 9. The Labute approximate surface area is 107 Å². The number of ether oxygens (including phenoxy) is 1. The van der Waals surface area contributed by atoms with Gasteiger partial charge in [0, 0.05) is 13.1 Å². The van der Waals surface area contributed by atoms with E-state index >= 15 is 0 Å². The van der Waals surface area contributed by atoms with Gasteiger partial charge in [0.15, 0.2) is 0 Å². The van der Waals surface area contributed by atoms with E-state index in [1.165, 1.54) is 45.3 Å². The largest absolute Gasteiger partial charge is 0.376 e. The Morgan fingerprint density at radius 2 is 2.06 bits per heavy atom. The van der Waals surface area contributed by atoms with E-state index in [-0.39, 0.29) is 0 Å². The highest BCUT2D eigenvalue weighted by Gasteiger charge is 2.17. The predicted octanol–water partition coefficient (Wildman–Crippen LogP) is 2.27. The van der Waals surface area contributed by atoms with Gasteiger partial charge in [0.25, 0.3) is 0 Å². The van der Waals surface area contributed by atoms with Crippen molar-refractivity contribution in [1.82, 2.24) is 10.2 Å². The standard InChI is InChI=1S/C14H30N2O/c1-3-8-15-9-6-5-7-10-16-11-12-17-14(4-2)13-16/h14-15H,3-13H2,1-2H3. The summed E-state index contributed by atoms with van der Waals surface area (Å²) in [6.45, 7) is 11.2. The molecule has 1 unspecified atom stereocenters. The lowest BCUT2D eigenvalue weighted by molar-refractivity contribution is -0.0299. The van der Waals surface area contributed by atoms with Crippen molar-refractivity contribution in [2.75, 3.05) is 39.3 Å². The molecular formula is C14H30N2O. The minimum atomic E-state index is 0.481. The van der Waals surface area contributed by atoms with Gasteiger partial charge in [-0.15, -0.1) is 0 Å². The molecule has 0 aromatic carbocycles. The second-order valence-corrected chi connectivity index (χ2v) is 5.01. The van der Waals surface area contributed by atoms with Gasteiger partial charge in [-0.05, 0) is 45.3 Å². The molecule has 0 spiro atoms. The van der Waals surface area contributed by atoms with Gasteiger partial charge in [-0.25, -0.2) is 0 Å². The first-order chi connectivity index (χ1) is 8.36. The van der Waals surface area contributed by atoms with E-state index in [1.54, 1.807) is 0 Å². The lowest BCUT2D eigenvalue weighted by Crippen LogP contribution is -2.42. The summed E-state index contributed by atoms with van der Waals surface area (Å²) in [4.78, 5) is 2.57. The van der Waals surface area contributed by atoms with Crippen LogP contribution in [0.15, 0.2) is 0 Å². The molecule has 1 rings (SSSR count). The van der Waals surface area contributed by atoms with E-state index in [0.29, 0.717) is 6.10 Å². The van der Waals surface area contributed by atoms with Crippen molar-refractivity contribution in [3.05, 3.63) is 0 Å². The van der Waals surface area contributed by atoms with Crippen LogP contribution in [0, 0.1) is 0 Å². The molecule has 0 saturated carbocycles. The fourth-order valence-electron chi connectivity index (χ4n) is 2.29. The quantitative estimate of drug-likeness (QED) is 0.628.